The molecule has 0 heterocycles. The molecule has 0 aliphatic rings. The maximum absolute atomic E-state index is 13.0. The van der Waals surface area contributed by atoms with Crippen molar-refractivity contribution in [1.29, 1.82) is 0 Å². The second-order valence-electron chi connectivity index (χ2n) is 3.41. The third kappa shape index (κ3) is 4.08. The Labute approximate surface area is 111 Å². The fraction of sp³-hybridized carbons (Fsp3) is 0.273. The van der Waals surface area contributed by atoms with E-state index in [0.29, 0.717) is 4.47 Å². The molecule has 0 radical (unpaired) electrons. The zero-order valence-corrected chi connectivity index (χ0v) is 11.0. The molecule has 1 aromatic rings. The smallest absolute Gasteiger partial charge is 0.336 e. The number of ether oxygens (including phenoxy) is 1. The summed E-state index contributed by atoms with van der Waals surface area (Å²) >= 11 is 3.05. The van der Waals surface area contributed by atoms with Crippen LogP contribution >= 0.6 is 15.9 Å². The molecule has 0 bridgehead atoms. The zero-order valence-electron chi connectivity index (χ0n) is 9.44. The molecule has 0 fully saturated rings. The first-order chi connectivity index (χ1) is 8.43. The molecule has 2 N–H and O–H groups in total. The van der Waals surface area contributed by atoms with Crippen LogP contribution in [0.4, 0.5) is 4.39 Å². The van der Waals surface area contributed by atoms with Crippen LogP contribution in [0.5, 0.6) is 0 Å². The minimum absolute atomic E-state index is 0.0824. The van der Waals surface area contributed by atoms with E-state index >= 15 is 0 Å². The molecular weight excluding hydrogens is 309 g/mol. The van der Waals surface area contributed by atoms with Gasteiger partial charge in [0, 0.05) is 10.0 Å². The van der Waals surface area contributed by atoms with Crippen LogP contribution in [0.2, 0.25) is 0 Å². The minimum Gasteiger partial charge on any atom is -0.467 e. The largest absolute Gasteiger partial charge is 0.467 e. The summed E-state index contributed by atoms with van der Waals surface area (Å²) in [6, 6.07) is 3.67. The molecule has 18 heavy (non-hydrogen) atoms. The van der Waals surface area contributed by atoms with Gasteiger partial charge in [-0.1, -0.05) is 15.9 Å². The van der Waals surface area contributed by atoms with Gasteiger partial charge >= 0.3 is 5.97 Å². The highest BCUT2D eigenvalue weighted by Crippen LogP contribution is 2.14. The normalized spacial score (nSPS) is 11.8. The molecule has 1 atom stereocenters. The lowest BCUT2D eigenvalue weighted by Gasteiger charge is -2.10. The summed E-state index contributed by atoms with van der Waals surface area (Å²) in [7, 11) is 1.12. The summed E-state index contributed by atoms with van der Waals surface area (Å²) in [4.78, 5) is 22.5. The van der Waals surface area contributed by atoms with Crippen LogP contribution in [0.1, 0.15) is 10.4 Å². The van der Waals surface area contributed by atoms with Crippen LogP contribution in [0.3, 0.4) is 0 Å². The number of hydrogen-bond acceptors (Lipinski definition) is 4. The number of carbonyl (C=O) groups is 2. The van der Waals surface area contributed by atoms with Crippen molar-refractivity contribution in [3.63, 3.8) is 0 Å². The van der Waals surface area contributed by atoms with Crippen molar-refractivity contribution in [2.45, 2.75) is 6.10 Å². The van der Waals surface area contributed by atoms with Crippen molar-refractivity contribution >= 4 is 27.8 Å². The Hall–Kier alpha value is -1.47. The van der Waals surface area contributed by atoms with Crippen LogP contribution in [-0.4, -0.2) is 36.7 Å². The summed E-state index contributed by atoms with van der Waals surface area (Å²) in [5.41, 5.74) is 0.0824. The number of hydrogen-bond donors (Lipinski definition) is 2. The Balaban J connectivity index is 2.63. The number of nitrogens with one attached hydrogen (secondary N) is 1. The topological polar surface area (TPSA) is 75.6 Å². The van der Waals surface area contributed by atoms with E-state index in [1.54, 1.807) is 0 Å². The molecule has 7 heteroatoms. The number of carbonyl (C=O) groups excluding carboxylic acids is 2. The lowest BCUT2D eigenvalue weighted by Crippen LogP contribution is -2.37. The van der Waals surface area contributed by atoms with Crippen molar-refractivity contribution in [2.24, 2.45) is 0 Å². The van der Waals surface area contributed by atoms with E-state index in [1.807, 2.05) is 0 Å². The molecule has 1 rings (SSSR count). The number of aliphatic hydroxyl groups excluding tert-OH is 1. The molecule has 0 aromatic heterocycles. The standard InChI is InChI=1S/C11H11BrFNO4/c1-18-11(17)9(15)5-14-10(16)6-2-7(12)4-8(13)3-6/h2-4,9,15H,5H2,1H3,(H,14,16). The average Bonchev–Trinajstić information content (AvgIpc) is 2.33. The van der Waals surface area contributed by atoms with Crippen LogP contribution in [-0.2, 0) is 9.53 Å². The molecule has 0 saturated carbocycles. The maximum Gasteiger partial charge on any atom is 0.336 e. The number of esters is 1. The van der Waals surface area contributed by atoms with Gasteiger partial charge in [-0.15, -0.1) is 0 Å². The second-order valence-corrected chi connectivity index (χ2v) is 4.32. The zero-order chi connectivity index (χ0) is 13.7. The lowest BCUT2D eigenvalue weighted by molar-refractivity contribution is -0.149. The molecule has 98 valence electrons. The number of rotatable bonds is 4. The molecule has 1 unspecified atom stereocenters. The lowest BCUT2D eigenvalue weighted by atomic mass is 10.2. The third-order valence-corrected chi connectivity index (χ3v) is 2.51. The number of benzene rings is 1. The van der Waals surface area contributed by atoms with Gasteiger partial charge in [0.05, 0.1) is 13.7 Å². The second kappa shape index (κ2) is 6.46. The molecule has 0 aliphatic carbocycles. The number of amides is 1. The highest BCUT2D eigenvalue weighted by atomic mass is 79.9. The van der Waals surface area contributed by atoms with E-state index in [2.05, 4.69) is 26.0 Å². The van der Waals surface area contributed by atoms with Gasteiger partial charge in [0.2, 0.25) is 0 Å². The highest BCUT2D eigenvalue weighted by molar-refractivity contribution is 9.10. The Morgan fingerprint density at radius 2 is 2.17 bits per heavy atom. The predicted molar refractivity (Wildman–Crippen MR) is 64.5 cm³/mol. The van der Waals surface area contributed by atoms with Gasteiger partial charge in [0.15, 0.2) is 6.10 Å². The van der Waals surface area contributed by atoms with E-state index in [-0.39, 0.29) is 12.1 Å². The molecule has 0 aliphatic heterocycles. The van der Waals surface area contributed by atoms with Crippen molar-refractivity contribution in [2.75, 3.05) is 13.7 Å². The van der Waals surface area contributed by atoms with E-state index in [4.69, 9.17) is 0 Å². The molecule has 1 amide bonds. The summed E-state index contributed by atoms with van der Waals surface area (Å²) < 4.78 is 17.7. The summed E-state index contributed by atoms with van der Waals surface area (Å²) in [6.45, 7) is -0.306. The first kappa shape index (κ1) is 14.6. The molecule has 5 nitrogen and oxygen atoms in total. The fourth-order valence-electron chi connectivity index (χ4n) is 1.20. The van der Waals surface area contributed by atoms with E-state index in [9.17, 15) is 19.1 Å². The van der Waals surface area contributed by atoms with Gasteiger partial charge in [-0.25, -0.2) is 9.18 Å². The Kier molecular flexibility index (Phi) is 5.24. The molecule has 0 spiro atoms. The number of aliphatic hydroxyl groups is 1. The van der Waals surface area contributed by atoms with Crippen LogP contribution in [0.25, 0.3) is 0 Å². The first-order valence-corrected chi connectivity index (χ1v) is 5.73. The summed E-state index contributed by atoms with van der Waals surface area (Å²) in [6.07, 6.45) is -1.45. The summed E-state index contributed by atoms with van der Waals surface area (Å²) in [5.74, 6) is -2.02. The van der Waals surface area contributed by atoms with Crippen molar-refractivity contribution in [3.8, 4) is 0 Å². The minimum atomic E-state index is -1.45. The molecule has 1 aromatic carbocycles. The van der Waals surface area contributed by atoms with Crippen LogP contribution < -0.4 is 5.32 Å². The van der Waals surface area contributed by atoms with E-state index < -0.39 is 23.8 Å². The van der Waals surface area contributed by atoms with Crippen LogP contribution in [0, 0.1) is 5.82 Å². The maximum atomic E-state index is 13.0. The summed E-state index contributed by atoms with van der Waals surface area (Å²) in [5, 5.41) is 11.5. The highest BCUT2D eigenvalue weighted by Gasteiger charge is 2.17. The third-order valence-electron chi connectivity index (χ3n) is 2.05. The van der Waals surface area contributed by atoms with Crippen molar-refractivity contribution in [3.05, 3.63) is 34.1 Å². The Bertz CT molecular complexity index is 446. The number of halogens is 2. The first-order valence-electron chi connectivity index (χ1n) is 4.94. The monoisotopic (exact) mass is 319 g/mol. The molecular formula is C11H11BrFNO4. The SMILES string of the molecule is COC(=O)C(O)CNC(=O)c1cc(F)cc(Br)c1. The van der Waals surface area contributed by atoms with E-state index in [1.165, 1.54) is 12.1 Å². The van der Waals surface area contributed by atoms with Crippen LogP contribution in [0.15, 0.2) is 22.7 Å². The van der Waals surface area contributed by atoms with Gasteiger partial charge in [0.1, 0.15) is 5.82 Å². The van der Waals surface area contributed by atoms with Gasteiger partial charge < -0.3 is 15.2 Å². The van der Waals surface area contributed by atoms with Gasteiger partial charge in [0.25, 0.3) is 5.91 Å². The number of methoxy groups -OCH3 is 1. The van der Waals surface area contributed by atoms with Crippen molar-refractivity contribution < 1.29 is 23.8 Å². The Morgan fingerprint density at radius 3 is 2.72 bits per heavy atom. The fourth-order valence-corrected chi connectivity index (χ4v) is 1.66. The van der Waals surface area contributed by atoms with Gasteiger partial charge in [-0.3, -0.25) is 4.79 Å². The quantitative estimate of drug-likeness (QED) is 0.807. The van der Waals surface area contributed by atoms with Crippen molar-refractivity contribution in [1.82, 2.24) is 5.32 Å². The molecule has 0 saturated heterocycles. The van der Waals surface area contributed by atoms with Gasteiger partial charge in [-0.05, 0) is 18.2 Å². The predicted octanol–water partition coefficient (Wildman–Crippen LogP) is 0.852. The van der Waals surface area contributed by atoms with E-state index in [0.717, 1.165) is 13.2 Å². The average molecular weight is 320 g/mol. The van der Waals surface area contributed by atoms with Gasteiger partial charge in [-0.2, -0.15) is 0 Å². The Morgan fingerprint density at radius 1 is 1.50 bits per heavy atom.